The van der Waals surface area contributed by atoms with E-state index in [1.54, 1.807) is 5.01 Å². The molecule has 0 saturated heterocycles. The highest BCUT2D eigenvalue weighted by Gasteiger charge is 2.49. The van der Waals surface area contributed by atoms with Gasteiger partial charge in [-0.05, 0) is 25.0 Å². The molecule has 2 aliphatic rings. The lowest BCUT2D eigenvalue weighted by Crippen LogP contribution is -2.57. The van der Waals surface area contributed by atoms with Crippen molar-refractivity contribution in [2.24, 2.45) is 5.16 Å². The SMILES string of the molecule is O=C(Nc1ccccc1)NN1C(c2ccccc2)=NOC12CCCC2. The summed E-state index contributed by atoms with van der Waals surface area (Å²) in [5.41, 5.74) is 4.00. The monoisotopic (exact) mass is 336 g/mol. The van der Waals surface area contributed by atoms with E-state index >= 15 is 0 Å². The molecular formula is C19H20N4O2. The maximum atomic E-state index is 12.5. The standard InChI is InChI=1S/C19H20N4O2/c24-18(20-16-11-5-2-6-12-16)21-23-17(15-9-3-1-4-10-15)22-25-19(23)13-7-8-14-19/h1-6,9-12H,7-8,13-14H2,(H2,20,21,24). The van der Waals surface area contributed by atoms with Gasteiger partial charge in [0.15, 0.2) is 5.84 Å². The van der Waals surface area contributed by atoms with Crippen molar-refractivity contribution in [1.82, 2.24) is 10.4 Å². The number of amidine groups is 1. The second-order valence-electron chi connectivity index (χ2n) is 6.29. The van der Waals surface area contributed by atoms with Gasteiger partial charge in [0.1, 0.15) is 0 Å². The summed E-state index contributed by atoms with van der Waals surface area (Å²) in [5.74, 6) is 0.630. The molecule has 0 unspecified atom stereocenters. The zero-order chi connectivity index (χ0) is 17.1. The third-order valence-electron chi connectivity index (χ3n) is 4.58. The molecule has 1 aliphatic heterocycles. The van der Waals surface area contributed by atoms with E-state index in [1.165, 1.54) is 0 Å². The average Bonchev–Trinajstić information content (AvgIpc) is 3.25. The van der Waals surface area contributed by atoms with Crippen molar-refractivity contribution >= 4 is 17.6 Å². The number of oxime groups is 1. The van der Waals surface area contributed by atoms with Gasteiger partial charge in [0.25, 0.3) is 0 Å². The predicted molar refractivity (Wildman–Crippen MR) is 95.7 cm³/mol. The summed E-state index contributed by atoms with van der Waals surface area (Å²) in [7, 11) is 0. The summed E-state index contributed by atoms with van der Waals surface area (Å²) >= 11 is 0. The molecule has 0 atom stereocenters. The van der Waals surface area contributed by atoms with E-state index in [0.717, 1.165) is 36.9 Å². The Morgan fingerprint density at radius 3 is 2.32 bits per heavy atom. The van der Waals surface area contributed by atoms with Crippen LogP contribution in [0, 0.1) is 0 Å². The number of nitrogens with one attached hydrogen (secondary N) is 2. The fraction of sp³-hybridized carbons (Fsp3) is 0.263. The van der Waals surface area contributed by atoms with Crippen LogP contribution < -0.4 is 10.7 Å². The Labute approximate surface area is 146 Å². The van der Waals surface area contributed by atoms with Gasteiger partial charge in [-0.3, -0.25) is 0 Å². The van der Waals surface area contributed by atoms with Crippen molar-refractivity contribution in [3.63, 3.8) is 0 Å². The molecule has 25 heavy (non-hydrogen) atoms. The molecular weight excluding hydrogens is 316 g/mol. The summed E-state index contributed by atoms with van der Waals surface area (Å²) in [6, 6.07) is 18.8. The highest BCUT2D eigenvalue weighted by molar-refractivity contribution is 6.01. The number of rotatable bonds is 3. The molecule has 0 aromatic heterocycles. The summed E-state index contributed by atoms with van der Waals surface area (Å²) in [6.45, 7) is 0. The van der Waals surface area contributed by atoms with Gasteiger partial charge in [0.05, 0.1) is 0 Å². The number of para-hydroxylation sites is 1. The molecule has 128 valence electrons. The highest BCUT2D eigenvalue weighted by Crippen LogP contribution is 2.40. The lowest BCUT2D eigenvalue weighted by Gasteiger charge is -2.33. The lowest BCUT2D eigenvalue weighted by molar-refractivity contribution is -0.104. The summed E-state index contributed by atoms with van der Waals surface area (Å²) in [5, 5.41) is 8.91. The first-order valence-corrected chi connectivity index (χ1v) is 8.51. The molecule has 2 aromatic carbocycles. The highest BCUT2D eigenvalue weighted by atomic mass is 16.7. The second-order valence-corrected chi connectivity index (χ2v) is 6.29. The third kappa shape index (κ3) is 3.03. The minimum absolute atomic E-state index is 0.313. The molecule has 2 aromatic rings. The number of nitrogens with zero attached hydrogens (tertiary/aromatic N) is 2. The number of carbonyl (C=O) groups is 1. The zero-order valence-electron chi connectivity index (χ0n) is 13.8. The average molecular weight is 336 g/mol. The fourth-order valence-corrected chi connectivity index (χ4v) is 3.35. The van der Waals surface area contributed by atoms with Crippen molar-refractivity contribution in [3.8, 4) is 0 Å². The van der Waals surface area contributed by atoms with Crippen molar-refractivity contribution in [1.29, 1.82) is 0 Å². The first-order chi connectivity index (χ1) is 12.3. The van der Waals surface area contributed by atoms with Gasteiger partial charge in [0, 0.05) is 24.1 Å². The van der Waals surface area contributed by atoms with Crippen LogP contribution in [-0.2, 0) is 4.84 Å². The molecule has 0 bridgehead atoms. The number of carbonyl (C=O) groups excluding carboxylic acids is 1. The number of hydrogen-bond donors (Lipinski definition) is 2. The Hall–Kier alpha value is -3.02. The van der Waals surface area contributed by atoms with E-state index in [9.17, 15) is 4.79 Å². The quantitative estimate of drug-likeness (QED) is 0.898. The van der Waals surface area contributed by atoms with E-state index in [1.807, 2.05) is 60.7 Å². The van der Waals surface area contributed by atoms with Crippen molar-refractivity contribution in [3.05, 3.63) is 66.2 Å². The van der Waals surface area contributed by atoms with E-state index in [2.05, 4.69) is 15.9 Å². The van der Waals surface area contributed by atoms with Gasteiger partial charge in [-0.15, -0.1) is 0 Å². The molecule has 1 heterocycles. The second kappa shape index (κ2) is 6.47. The van der Waals surface area contributed by atoms with Crippen LogP contribution in [0.4, 0.5) is 10.5 Å². The topological polar surface area (TPSA) is 66.0 Å². The zero-order valence-corrected chi connectivity index (χ0v) is 13.8. The smallest absolute Gasteiger partial charge is 0.338 e. The normalized spacial score (nSPS) is 17.9. The van der Waals surface area contributed by atoms with E-state index in [0.29, 0.717) is 5.84 Å². The van der Waals surface area contributed by atoms with E-state index in [4.69, 9.17) is 4.84 Å². The first-order valence-electron chi connectivity index (χ1n) is 8.51. The van der Waals surface area contributed by atoms with Crippen LogP contribution in [0.25, 0.3) is 0 Å². The molecule has 6 heteroatoms. The Balaban J connectivity index is 1.56. The molecule has 0 radical (unpaired) electrons. The van der Waals surface area contributed by atoms with Gasteiger partial charge in [-0.2, -0.15) is 0 Å². The number of benzene rings is 2. The predicted octanol–water partition coefficient (Wildman–Crippen LogP) is 3.69. The Bertz CT molecular complexity index is 771. The number of anilines is 1. The van der Waals surface area contributed by atoms with Gasteiger partial charge in [-0.25, -0.2) is 15.2 Å². The van der Waals surface area contributed by atoms with Crippen molar-refractivity contribution in [2.45, 2.75) is 31.4 Å². The van der Waals surface area contributed by atoms with Gasteiger partial charge in [-0.1, -0.05) is 53.7 Å². The Morgan fingerprint density at radius 1 is 1.00 bits per heavy atom. The van der Waals surface area contributed by atoms with Gasteiger partial charge >= 0.3 is 6.03 Å². The van der Waals surface area contributed by atoms with E-state index < -0.39 is 5.72 Å². The van der Waals surface area contributed by atoms with E-state index in [-0.39, 0.29) is 6.03 Å². The maximum Gasteiger partial charge on any atom is 0.338 e. The van der Waals surface area contributed by atoms with Crippen LogP contribution in [0.5, 0.6) is 0 Å². The molecule has 4 rings (SSSR count). The van der Waals surface area contributed by atoms with Crippen LogP contribution >= 0.6 is 0 Å². The molecule has 2 N–H and O–H groups in total. The lowest BCUT2D eigenvalue weighted by atomic mass is 10.1. The third-order valence-corrected chi connectivity index (χ3v) is 4.58. The summed E-state index contributed by atoms with van der Waals surface area (Å²) < 4.78 is 0. The fourth-order valence-electron chi connectivity index (χ4n) is 3.35. The van der Waals surface area contributed by atoms with Crippen molar-refractivity contribution < 1.29 is 9.63 Å². The van der Waals surface area contributed by atoms with Gasteiger partial charge < -0.3 is 10.2 Å². The molecule has 1 fully saturated rings. The van der Waals surface area contributed by atoms with Crippen LogP contribution in [0.15, 0.2) is 65.8 Å². The molecule has 1 spiro atoms. The molecule has 1 saturated carbocycles. The number of hydrazine groups is 1. The molecule has 1 aliphatic carbocycles. The largest absolute Gasteiger partial charge is 0.363 e. The molecule has 2 amide bonds. The number of hydrogen-bond acceptors (Lipinski definition) is 4. The minimum Gasteiger partial charge on any atom is -0.363 e. The minimum atomic E-state index is -0.584. The van der Waals surface area contributed by atoms with Crippen LogP contribution in [0.3, 0.4) is 0 Å². The summed E-state index contributed by atoms with van der Waals surface area (Å²) in [6.07, 6.45) is 3.77. The molecule has 6 nitrogen and oxygen atoms in total. The summed E-state index contributed by atoms with van der Waals surface area (Å²) in [4.78, 5) is 18.3. The van der Waals surface area contributed by atoms with Crippen LogP contribution in [0.2, 0.25) is 0 Å². The van der Waals surface area contributed by atoms with Crippen LogP contribution in [-0.4, -0.2) is 22.6 Å². The number of urea groups is 1. The van der Waals surface area contributed by atoms with Crippen molar-refractivity contribution in [2.75, 3.05) is 5.32 Å². The Morgan fingerprint density at radius 2 is 1.64 bits per heavy atom. The first kappa shape index (κ1) is 15.5. The maximum absolute atomic E-state index is 12.5. The van der Waals surface area contributed by atoms with Crippen LogP contribution in [0.1, 0.15) is 31.2 Å². The van der Waals surface area contributed by atoms with Gasteiger partial charge in [0.2, 0.25) is 5.72 Å². The number of amides is 2. The Kier molecular flexibility index (Phi) is 4.01.